The molecule has 1 aliphatic heterocycles. The van der Waals surface area contributed by atoms with Crippen LogP contribution >= 0.6 is 0 Å². The monoisotopic (exact) mass is 420 g/mol. The third-order valence-electron chi connectivity index (χ3n) is 5.96. The maximum absolute atomic E-state index is 15.2. The zero-order valence-electron chi connectivity index (χ0n) is 17.9. The van der Waals surface area contributed by atoms with Crippen molar-refractivity contribution in [3.05, 3.63) is 54.3 Å². The zero-order valence-corrected chi connectivity index (χ0v) is 17.9. The van der Waals surface area contributed by atoms with E-state index in [-0.39, 0.29) is 5.82 Å². The third kappa shape index (κ3) is 3.45. The number of anilines is 1. The number of ether oxygens (including phenoxy) is 1. The molecule has 0 aliphatic carbocycles. The highest BCUT2D eigenvalue weighted by molar-refractivity contribution is 5.98. The Morgan fingerprint density at radius 2 is 1.94 bits per heavy atom. The van der Waals surface area contributed by atoms with Crippen LogP contribution < -0.4 is 9.64 Å². The Morgan fingerprint density at radius 3 is 2.65 bits per heavy atom. The number of aromatic nitrogens is 2. The summed E-state index contributed by atoms with van der Waals surface area (Å²) < 4.78 is 26.7. The van der Waals surface area contributed by atoms with Crippen molar-refractivity contribution in [1.29, 1.82) is 0 Å². The number of nitrogens with one attached hydrogen (secondary N) is 1. The topological polar surface area (TPSA) is 57.5 Å². The van der Waals surface area contributed by atoms with Gasteiger partial charge < -0.3 is 23.9 Å². The van der Waals surface area contributed by atoms with Crippen LogP contribution in [-0.2, 0) is 0 Å². The molecule has 1 fully saturated rings. The van der Waals surface area contributed by atoms with E-state index in [0.29, 0.717) is 17.0 Å². The number of aromatic amines is 1. The highest BCUT2D eigenvalue weighted by Crippen LogP contribution is 2.43. The van der Waals surface area contributed by atoms with Crippen LogP contribution in [0.15, 0.2) is 47.1 Å². The smallest absolute Gasteiger partial charge is 0.153 e. The summed E-state index contributed by atoms with van der Waals surface area (Å²) in [5.74, 6) is 1.79. The van der Waals surface area contributed by atoms with Crippen molar-refractivity contribution in [3.8, 4) is 28.2 Å². The molecule has 31 heavy (non-hydrogen) atoms. The molecule has 3 aromatic heterocycles. The van der Waals surface area contributed by atoms with Gasteiger partial charge in [0, 0.05) is 55.1 Å². The summed E-state index contributed by atoms with van der Waals surface area (Å²) in [7, 11) is 3.71. The molecule has 4 aromatic rings. The number of hydrogen-bond acceptors (Lipinski definition) is 5. The van der Waals surface area contributed by atoms with E-state index in [9.17, 15) is 0 Å². The van der Waals surface area contributed by atoms with Crippen molar-refractivity contribution >= 4 is 16.7 Å². The standard InChI is InChI=1S/C24H25FN4O2/c1-15-4-7-21(31-15)16-12-17-18(14-27-24(17)26-13-16)22-19(25)5-6-20(23(22)30-3)29-10-8-28(2)9-11-29/h4-7,12-14H,8-11H2,1-3H3,(H,26,27). The number of benzene rings is 1. The lowest BCUT2D eigenvalue weighted by atomic mass is 10.0. The quantitative estimate of drug-likeness (QED) is 0.519. The molecule has 4 heterocycles. The SMILES string of the molecule is COc1c(N2CCN(C)CC2)ccc(F)c1-c1c[nH]c2ncc(-c3ccc(C)o3)cc12. The fraction of sp³-hybridized carbons (Fsp3) is 0.292. The maximum atomic E-state index is 15.2. The van der Waals surface area contributed by atoms with E-state index in [0.717, 1.165) is 59.9 Å². The van der Waals surface area contributed by atoms with Crippen LogP contribution in [0.4, 0.5) is 10.1 Å². The van der Waals surface area contributed by atoms with Gasteiger partial charge in [-0.15, -0.1) is 0 Å². The second kappa shape index (κ2) is 7.74. The average molecular weight is 420 g/mol. The molecule has 160 valence electrons. The first-order valence-corrected chi connectivity index (χ1v) is 10.4. The molecule has 1 N–H and O–H groups in total. The normalized spacial score (nSPS) is 15.0. The van der Waals surface area contributed by atoms with Gasteiger partial charge in [-0.05, 0) is 44.3 Å². The number of nitrogens with zero attached hydrogens (tertiary/aromatic N) is 3. The van der Waals surface area contributed by atoms with Crippen LogP contribution in [0.2, 0.25) is 0 Å². The Bertz CT molecular complexity index is 1240. The minimum Gasteiger partial charge on any atom is -0.494 e. The number of H-pyrrole nitrogens is 1. The fourth-order valence-electron chi connectivity index (χ4n) is 4.24. The number of halogens is 1. The molecular formula is C24H25FN4O2. The molecule has 1 aliphatic rings. The van der Waals surface area contributed by atoms with Crippen molar-refractivity contribution in [2.24, 2.45) is 0 Å². The summed E-state index contributed by atoms with van der Waals surface area (Å²) in [6.07, 6.45) is 3.55. The van der Waals surface area contributed by atoms with E-state index in [1.165, 1.54) is 6.07 Å². The number of likely N-dealkylation sites (N-methyl/N-ethyl adjacent to an activating group) is 1. The summed E-state index contributed by atoms with van der Waals surface area (Å²) in [4.78, 5) is 12.2. The van der Waals surface area contributed by atoms with Crippen molar-refractivity contribution in [1.82, 2.24) is 14.9 Å². The summed E-state index contributed by atoms with van der Waals surface area (Å²) in [5, 5.41) is 0.819. The molecule has 1 aromatic carbocycles. The number of hydrogen-bond donors (Lipinski definition) is 1. The van der Waals surface area contributed by atoms with Crippen molar-refractivity contribution in [3.63, 3.8) is 0 Å². The molecule has 0 saturated carbocycles. The van der Waals surface area contributed by atoms with E-state index >= 15 is 4.39 Å². The summed E-state index contributed by atoms with van der Waals surface area (Å²) >= 11 is 0. The Kier molecular flexibility index (Phi) is 4.90. The van der Waals surface area contributed by atoms with Gasteiger partial charge in [0.15, 0.2) is 5.75 Å². The molecule has 6 nitrogen and oxygen atoms in total. The predicted molar refractivity (Wildman–Crippen MR) is 120 cm³/mol. The third-order valence-corrected chi connectivity index (χ3v) is 5.96. The van der Waals surface area contributed by atoms with Crippen LogP contribution in [0.3, 0.4) is 0 Å². The lowest BCUT2D eigenvalue weighted by Crippen LogP contribution is -2.44. The van der Waals surface area contributed by atoms with Gasteiger partial charge in [-0.3, -0.25) is 0 Å². The second-order valence-electron chi connectivity index (χ2n) is 8.00. The van der Waals surface area contributed by atoms with Crippen LogP contribution in [0, 0.1) is 12.7 Å². The number of rotatable bonds is 4. The Morgan fingerprint density at radius 1 is 1.13 bits per heavy atom. The fourth-order valence-corrected chi connectivity index (χ4v) is 4.24. The largest absolute Gasteiger partial charge is 0.494 e. The second-order valence-corrected chi connectivity index (χ2v) is 8.00. The van der Waals surface area contributed by atoms with Gasteiger partial charge in [0.25, 0.3) is 0 Å². The lowest BCUT2D eigenvalue weighted by Gasteiger charge is -2.35. The highest BCUT2D eigenvalue weighted by Gasteiger charge is 2.24. The number of aryl methyl sites for hydroxylation is 1. The molecule has 0 atom stereocenters. The minimum absolute atomic E-state index is 0.324. The Balaban J connectivity index is 1.65. The first-order chi connectivity index (χ1) is 15.0. The molecular weight excluding hydrogens is 395 g/mol. The first-order valence-electron chi connectivity index (χ1n) is 10.4. The predicted octanol–water partition coefficient (Wildman–Crippen LogP) is 4.70. The van der Waals surface area contributed by atoms with Gasteiger partial charge in [0.1, 0.15) is 23.0 Å². The van der Waals surface area contributed by atoms with Crippen LogP contribution in [0.5, 0.6) is 5.75 Å². The Hall–Kier alpha value is -3.32. The molecule has 7 heteroatoms. The molecule has 0 amide bonds. The maximum Gasteiger partial charge on any atom is 0.153 e. The van der Waals surface area contributed by atoms with Crippen LogP contribution in [-0.4, -0.2) is 55.2 Å². The van der Waals surface area contributed by atoms with Crippen molar-refractivity contribution in [2.75, 3.05) is 45.2 Å². The minimum atomic E-state index is -0.324. The zero-order chi connectivity index (χ0) is 21.5. The van der Waals surface area contributed by atoms with Gasteiger partial charge in [0.2, 0.25) is 0 Å². The summed E-state index contributed by atoms with van der Waals surface area (Å²) in [6, 6.07) is 9.15. The van der Waals surface area contributed by atoms with E-state index in [4.69, 9.17) is 9.15 Å². The van der Waals surface area contributed by atoms with Crippen LogP contribution in [0.25, 0.3) is 33.5 Å². The highest BCUT2D eigenvalue weighted by atomic mass is 19.1. The number of fused-ring (bicyclic) bond motifs is 1. The van der Waals surface area contributed by atoms with Crippen molar-refractivity contribution < 1.29 is 13.5 Å². The van der Waals surface area contributed by atoms with Crippen molar-refractivity contribution in [2.45, 2.75) is 6.92 Å². The van der Waals surface area contributed by atoms with Gasteiger partial charge >= 0.3 is 0 Å². The molecule has 0 spiro atoms. The summed E-state index contributed by atoms with van der Waals surface area (Å²) in [5.41, 5.74) is 3.61. The van der Waals surface area contributed by atoms with Gasteiger partial charge in [0.05, 0.1) is 18.4 Å². The van der Waals surface area contributed by atoms with Gasteiger partial charge in [-0.25, -0.2) is 9.37 Å². The number of furan rings is 1. The molecule has 0 bridgehead atoms. The Labute approximate surface area is 180 Å². The average Bonchev–Trinajstić information content (AvgIpc) is 3.40. The molecule has 1 saturated heterocycles. The molecule has 5 rings (SSSR count). The lowest BCUT2D eigenvalue weighted by molar-refractivity contribution is 0.311. The van der Waals surface area contributed by atoms with E-state index in [1.54, 1.807) is 19.5 Å². The van der Waals surface area contributed by atoms with Crippen LogP contribution in [0.1, 0.15) is 5.76 Å². The summed E-state index contributed by atoms with van der Waals surface area (Å²) in [6.45, 7) is 5.56. The number of methoxy groups -OCH3 is 1. The number of piperazine rings is 1. The van der Waals surface area contributed by atoms with Gasteiger partial charge in [-0.1, -0.05) is 0 Å². The van der Waals surface area contributed by atoms with Gasteiger partial charge in [-0.2, -0.15) is 0 Å². The number of pyridine rings is 1. The van der Waals surface area contributed by atoms with E-state index < -0.39 is 0 Å². The molecule has 0 unspecified atom stereocenters. The van der Waals surface area contributed by atoms with E-state index in [2.05, 4.69) is 26.8 Å². The molecule has 0 radical (unpaired) electrons. The van der Waals surface area contributed by atoms with E-state index in [1.807, 2.05) is 31.2 Å². The first kappa shape index (κ1) is 19.6.